The molecule has 0 radical (unpaired) electrons. The van der Waals surface area contributed by atoms with Crippen LogP contribution in [-0.2, 0) is 66.6 Å². The number of carbonyl (C=O) groups is 5. The summed E-state index contributed by atoms with van der Waals surface area (Å²) in [5, 5.41) is 142. The van der Waals surface area contributed by atoms with Gasteiger partial charge in [-0.05, 0) is 0 Å². The highest BCUT2D eigenvalue weighted by Gasteiger charge is 2.57. The van der Waals surface area contributed by atoms with Crippen LogP contribution in [0.15, 0.2) is 0 Å². The van der Waals surface area contributed by atoms with Gasteiger partial charge in [-0.3, -0.25) is 24.0 Å². The number of amides is 5. The summed E-state index contributed by atoms with van der Waals surface area (Å²) in [5.41, 5.74) is 0. The molecule has 0 bridgehead atoms. The third-order valence-corrected chi connectivity index (χ3v) is 12.3. The van der Waals surface area contributed by atoms with Gasteiger partial charge >= 0.3 is 0 Å². The van der Waals surface area contributed by atoms with E-state index >= 15 is 0 Å². The number of rotatable bonds is 18. The molecular weight excluding hydrogens is 966 g/mol. The number of hydrogen-bond donors (Lipinski definition) is 17. The highest BCUT2D eigenvalue weighted by Crippen LogP contribution is 2.36. The zero-order valence-electron chi connectivity index (χ0n) is 39.1. The van der Waals surface area contributed by atoms with Crippen LogP contribution in [-0.4, -0.2) is 277 Å². The number of aliphatic hydroxyl groups excluding tert-OH is 12. The van der Waals surface area contributed by atoms with Crippen molar-refractivity contribution in [1.29, 1.82) is 0 Å². The molecule has 0 aromatic heterocycles. The zero-order chi connectivity index (χ0) is 52.8. The fourth-order valence-electron chi connectivity index (χ4n) is 9.07. The van der Waals surface area contributed by atoms with Gasteiger partial charge in [-0.1, -0.05) is 0 Å². The SMILES string of the molecule is CC(=O)N[C@H]1[C@H](O[C@H]2[C@H](O)[C@@H](NC(C)=O)[C@H](O[C@H]3[C@H](O)[C@@H](NC(C)=O)C(O)O[C@@H]3CO)O[C@@H]2CO)O[C@H](CO)[C@@H](O[C@H]2O[C@H](CO)[C@@H](O[C@H]3O[C@H](CO)[C@@H](O)[C@H](O)[C@H]3NC(C)=O)[C@H](O)[C@H]2NC(C)=O)[C@@H]1O. The molecule has 25 atom stereocenters. The van der Waals surface area contributed by atoms with Crippen molar-refractivity contribution in [2.45, 2.75) is 188 Å². The Bertz CT molecular complexity index is 1790. The predicted molar refractivity (Wildman–Crippen MR) is 225 cm³/mol. The number of aliphatic hydroxyl groups is 12. The zero-order valence-corrected chi connectivity index (χ0v) is 39.1. The molecule has 408 valence electrons. The van der Waals surface area contributed by atoms with Gasteiger partial charge in [0.05, 0.1) is 33.0 Å². The lowest BCUT2D eigenvalue weighted by atomic mass is 9.93. The summed E-state index contributed by atoms with van der Waals surface area (Å²) in [4.78, 5) is 61.6. The quantitative estimate of drug-likeness (QED) is 0.0606. The van der Waals surface area contributed by atoms with Crippen LogP contribution in [0, 0.1) is 0 Å². The molecule has 5 amide bonds. The van der Waals surface area contributed by atoms with Crippen molar-refractivity contribution >= 4 is 29.5 Å². The lowest BCUT2D eigenvalue weighted by Gasteiger charge is -2.51. The van der Waals surface area contributed by atoms with E-state index in [0.717, 1.165) is 34.6 Å². The van der Waals surface area contributed by atoms with Crippen molar-refractivity contribution in [2.75, 3.05) is 33.0 Å². The number of nitrogens with one attached hydrogen (secondary N) is 5. The van der Waals surface area contributed by atoms with Crippen molar-refractivity contribution in [2.24, 2.45) is 0 Å². The van der Waals surface area contributed by atoms with Gasteiger partial charge in [-0.2, -0.15) is 0 Å². The van der Waals surface area contributed by atoms with Crippen LogP contribution in [0.3, 0.4) is 0 Å². The van der Waals surface area contributed by atoms with E-state index in [1.807, 2.05) is 0 Å². The summed E-state index contributed by atoms with van der Waals surface area (Å²) in [5.74, 6) is -3.78. The maximum atomic E-state index is 12.7. The van der Waals surface area contributed by atoms with Crippen molar-refractivity contribution < 1.29 is 128 Å². The summed E-state index contributed by atoms with van der Waals surface area (Å²) in [6.07, 6.45) is -35.1. The Morgan fingerprint density at radius 1 is 0.338 bits per heavy atom. The van der Waals surface area contributed by atoms with Crippen molar-refractivity contribution in [3.05, 3.63) is 0 Å². The van der Waals surface area contributed by atoms with Gasteiger partial charge in [-0.25, -0.2) is 0 Å². The highest BCUT2D eigenvalue weighted by molar-refractivity contribution is 5.75. The summed E-state index contributed by atoms with van der Waals surface area (Å²) in [7, 11) is 0. The molecule has 5 aliphatic rings. The van der Waals surface area contributed by atoms with Gasteiger partial charge < -0.3 is 130 Å². The third kappa shape index (κ3) is 13.6. The number of ether oxygens (including phenoxy) is 9. The Morgan fingerprint density at radius 2 is 0.563 bits per heavy atom. The lowest BCUT2D eigenvalue weighted by molar-refractivity contribution is -0.367. The minimum atomic E-state index is -2.00. The summed E-state index contributed by atoms with van der Waals surface area (Å²) < 4.78 is 52.9. The molecule has 0 spiro atoms. The first-order chi connectivity index (χ1) is 33.5. The molecule has 31 heteroatoms. The fraction of sp³-hybridized carbons (Fsp3) is 0.875. The average Bonchev–Trinajstić information content (AvgIpc) is 3.30. The standard InChI is InChI=1S/C40H67N5O26/c1-11(51)41-21-28(58)32(17(7-47)63-36(21)62)68-38-23(43-13(3)53)30(60)34(19(9-49)65-38)70-40-25(45-15(5)55)31(61)35(20(10-50)67-40)71-39-24(44-14(4)54)29(59)33(18(8-48)66-39)69-37-22(42-12(2)52)27(57)26(56)16(6-46)64-37/h16-40,46-50,56-62H,6-10H2,1-5H3,(H,41,51)(H,42,52)(H,43,53)(H,44,54)(H,45,55)/t16-,17-,18-,19-,20-,21-,22-,23-,24-,25-,26-,27-,28-,29-,30-,31-,32-,33-,34-,35-,36?,37-,38+,39-,40+/m1/s1. The van der Waals surface area contributed by atoms with Gasteiger partial charge in [0.25, 0.3) is 0 Å². The van der Waals surface area contributed by atoms with E-state index in [2.05, 4.69) is 26.6 Å². The van der Waals surface area contributed by atoms with E-state index < -0.39 is 216 Å². The van der Waals surface area contributed by atoms with Crippen LogP contribution in [0.1, 0.15) is 34.6 Å². The molecule has 1 unspecified atom stereocenters. The molecule has 0 aromatic carbocycles. The van der Waals surface area contributed by atoms with Crippen LogP contribution in [0.5, 0.6) is 0 Å². The Hall–Kier alpha value is -3.49. The van der Waals surface area contributed by atoms with Crippen molar-refractivity contribution in [3.63, 3.8) is 0 Å². The molecule has 5 aliphatic heterocycles. The van der Waals surface area contributed by atoms with Gasteiger partial charge in [0.2, 0.25) is 29.5 Å². The van der Waals surface area contributed by atoms with Crippen LogP contribution >= 0.6 is 0 Å². The predicted octanol–water partition coefficient (Wildman–Crippen LogP) is -11.2. The summed E-state index contributed by atoms with van der Waals surface area (Å²) in [6, 6.07) is -8.07. The molecule has 5 rings (SSSR count). The van der Waals surface area contributed by atoms with Gasteiger partial charge in [0, 0.05) is 34.6 Å². The number of carbonyl (C=O) groups excluding carboxylic acids is 5. The average molecular weight is 1030 g/mol. The first kappa shape index (κ1) is 58.4. The van der Waals surface area contributed by atoms with Crippen molar-refractivity contribution in [3.8, 4) is 0 Å². The molecule has 71 heavy (non-hydrogen) atoms. The third-order valence-electron chi connectivity index (χ3n) is 12.3. The van der Waals surface area contributed by atoms with E-state index in [-0.39, 0.29) is 0 Å². The largest absolute Gasteiger partial charge is 0.394 e. The Labute approximate surface area is 404 Å². The molecule has 0 saturated carbocycles. The molecular formula is C40H67N5O26. The molecule has 5 saturated heterocycles. The molecule has 31 nitrogen and oxygen atoms in total. The van der Waals surface area contributed by atoms with Crippen molar-refractivity contribution in [1.82, 2.24) is 26.6 Å². The highest BCUT2D eigenvalue weighted by atomic mass is 16.8. The fourth-order valence-corrected chi connectivity index (χ4v) is 9.07. The normalized spacial score (nSPS) is 43.9. The van der Waals surface area contributed by atoms with E-state index in [1.54, 1.807) is 0 Å². The molecule has 0 aromatic rings. The van der Waals surface area contributed by atoms with Crippen LogP contribution in [0.2, 0.25) is 0 Å². The Kier molecular flexibility index (Phi) is 21.1. The molecule has 17 N–H and O–H groups in total. The summed E-state index contributed by atoms with van der Waals surface area (Å²) >= 11 is 0. The van der Waals surface area contributed by atoms with Crippen LogP contribution in [0.4, 0.5) is 0 Å². The number of hydrogen-bond acceptors (Lipinski definition) is 26. The van der Waals surface area contributed by atoms with Crippen LogP contribution in [0.25, 0.3) is 0 Å². The lowest BCUT2D eigenvalue weighted by Crippen LogP contribution is -2.72. The first-order valence-corrected chi connectivity index (χ1v) is 22.6. The maximum Gasteiger partial charge on any atom is 0.217 e. The maximum absolute atomic E-state index is 12.7. The second kappa shape index (κ2) is 25.6. The van der Waals surface area contributed by atoms with Gasteiger partial charge in [-0.15, -0.1) is 0 Å². The van der Waals surface area contributed by atoms with E-state index in [0.29, 0.717) is 0 Å². The second-order valence-electron chi connectivity index (χ2n) is 17.6. The molecule has 0 aliphatic carbocycles. The van der Waals surface area contributed by atoms with Crippen LogP contribution < -0.4 is 26.6 Å². The second-order valence-corrected chi connectivity index (χ2v) is 17.6. The smallest absolute Gasteiger partial charge is 0.217 e. The minimum Gasteiger partial charge on any atom is -0.394 e. The van der Waals surface area contributed by atoms with Gasteiger partial charge in [0.1, 0.15) is 122 Å². The topological polar surface area (TPSA) is 471 Å². The van der Waals surface area contributed by atoms with E-state index in [9.17, 15) is 85.3 Å². The molecule has 5 heterocycles. The summed E-state index contributed by atoms with van der Waals surface area (Å²) in [6.45, 7) is 0.679. The minimum absolute atomic E-state index is 0.688. The first-order valence-electron chi connectivity index (χ1n) is 22.6. The van der Waals surface area contributed by atoms with Gasteiger partial charge in [0.15, 0.2) is 31.5 Å². The van der Waals surface area contributed by atoms with E-state index in [1.165, 1.54) is 0 Å². The Balaban J connectivity index is 1.39. The monoisotopic (exact) mass is 1030 g/mol. The Morgan fingerprint density at radius 3 is 0.831 bits per heavy atom. The molecule has 5 fully saturated rings. The van der Waals surface area contributed by atoms with E-state index in [4.69, 9.17) is 42.6 Å².